The second-order valence-electron chi connectivity index (χ2n) is 0.289. The summed E-state index contributed by atoms with van der Waals surface area (Å²) in [5.41, 5.74) is 0. The van der Waals surface area contributed by atoms with Crippen LogP contribution >= 0.6 is 0 Å². The Balaban J connectivity index is -0.0000000450. The molecule has 6 heteroatoms. The largest absolute Gasteiger partial charge is 3.00 e. The molecule has 0 aliphatic rings. The van der Waals surface area contributed by atoms with E-state index in [-0.39, 0.29) is 53.5 Å². The smallest absolute Gasteiger partial charge is 0.907 e. The molecular formula is BBiO3Pb+2. The predicted molar refractivity (Wildman–Crippen MR) is 17.3 cm³/mol. The van der Waals surface area contributed by atoms with E-state index in [2.05, 4.69) is 0 Å². The zero-order chi connectivity index (χ0) is 3.58. The van der Waals surface area contributed by atoms with Crippen LogP contribution in [-0.4, -0.2) is 60.8 Å². The van der Waals surface area contributed by atoms with E-state index >= 15 is 0 Å². The van der Waals surface area contributed by atoms with Gasteiger partial charge in [0.15, 0.2) is 0 Å². The summed E-state index contributed by atoms with van der Waals surface area (Å²) in [4.78, 5) is 0. The molecule has 0 fully saturated rings. The molecule has 0 amide bonds. The van der Waals surface area contributed by atoms with Crippen LogP contribution in [0.25, 0.3) is 0 Å². The summed E-state index contributed by atoms with van der Waals surface area (Å²) in [6.07, 6.45) is 0. The van der Waals surface area contributed by atoms with Crippen LogP contribution in [0.4, 0.5) is 0 Å². The molecule has 0 aromatic carbocycles. The van der Waals surface area contributed by atoms with Gasteiger partial charge in [-0.1, -0.05) is 0 Å². The van der Waals surface area contributed by atoms with E-state index in [0.29, 0.717) is 0 Å². The number of rotatable bonds is 0. The van der Waals surface area contributed by atoms with Crippen molar-refractivity contribution in [3.8, 4) is 0 Å². The van der Waals surface area contributed by atoms with E-state index in [1.165, 1.54) is 0 Å². The molecule has 0 N–H and O–H groups in total. The molecule has 3 nitrogen and oxygen atoms in total. The minimum Gasteiger partial charge on any atom is -0.907 e. The van der Waals surface area contributed by atoms with Crippen molar-refractivity contribution in [3.63, 3.8) is 0 Å². The molecule has 0 aromatic rings. The summed E-state index contributed by atoms with van der Waals surface area (Å²) >= 11 is 0. The van der Waals surface area contributed by atoms with Crippen LogP contribution < -0.4 is 15.1 Å². The zero-order valence-corrected chi connectivity index (χ0v) is 10.1. The first-order valence-corrected chi connectivity index (χ1v) is 0.707. The molecule has 0 saturated carbocycles. The normalized spacial score (nSPS) is 4.50. The standard InChI is InChI=1S/BO3.Bi.Pb/c2-1(3)4;;/q-3;+3;+2. The summed E-state index contributed by atoms with van der Waals surface area (Å²) in [5, 5.41) is 25.2. The topological polar surface area (TPSA) is 69.2 Å². The maximum Gasteiger partial charge on any atom is 3.00 e. The van der Waals surface area contributed by atoms with Gasteiger partial charge in [0.25, 0.3) is 0 Å². The van der Waals surface area contributed by atoms with Gasteiger partial charge < -0.3 is 15.1 Å². The third-order valence-electron chi connectivity index (χ3n) is 0. The number of hydrogen-bond donors (Lipinski definition) is 0. The first kappa shape index (κ1) is 15.7. The van der Waals surface area contributed by atoms with Gasteiger partial charge in [0, 0.05) is 0 Å². The van der Waals surface area contributed by atoms with E-state index in [9.17, 15) is 0 Å². The Bertz CT molecular complexity index is 15.5. The summed E-state index contributed by atoms with van der Waals surface area (Å²) < 4.78 is 0. The Labute approximate surface area is 75.2 Å². The van der Waals surface area contributed by atoms with Crippen LogP contribution in [0.15, 0.2) is 0 Å². The Hall–Kier alpha value is 1.75. The van der Waals surface area contributed by atoms with Crippen molar-refractivity contribution in [2.24, 2.45) is 0 Å². The van der Waals surface area contributed by atoms with E-state index in [0.717, 1.165) is 0 Å². The number of hydrogen-bond acceptors (Lipinski definition) is 3. The Morgan fingerprint density at radius 1 is 1.00 bits per heavy atom. The van der Waals surface area contributed by atoms with Crippen LogP contribution in [-0.2, 0) is 0 Å². The van der Waals surface area contributed by atoms with E-state index in [1.807, 2.05) is 0 Å². The van der Waals surface area contributed by atoms with Crippen molar-refractivity contribution in [3.05, 3.63) is 0 Å². The molecule has 0 aromatic heterocycles. The fourth-order valence-electron chi connectivity index (χ4n) is 0. The average Bonchev–Trinajstić information content (AvgIpc) is 0.811. The van der Waals surface area contributed by atoms with Gasteiger partial charge in [-0.25, -0.2) is 0 Å². The van der Waals surface area contributed by atoms with Crippen LogP contribution in [0.2, 0.25) is 0 Å². The monoisotopic (exact) mass is 476 g/mol. The summed E-state index contributed by atoms with van der Waals surface area (Å²) in [6, 6.07) is 0. The molecule has 0 aliphatic carbocycles. The Morgan fingerprint density at radius 2 is 1.00 bits per heavy atom. The first-order valence-electron chi connectivity index (χ1n) is 0.707. The van der Waals surface area contributed by atoms with Gasteiger partial charge in [-0.15, -0.1) is 0 Å². The zero-order valence-electron chi connectivity index (χ0n) is 2.75. The van der Waals surface area contributed by atoms with Crippen LogP contribution in [0.1, 0.15) is 0 Å². The fourth-order valence-corrected chi connectivity index (χ4v) is 0. The van der Waals surface area contributed by atoms with E-state index in [4.69, 9.17) is 15.1 Å². The summed E-state index contributed by atoms with van der Waals surface area (Å²) in [6.45, 7) is 0. The second-order valence-corrected chi connectivity index (χ2v) is 0.289. The quantitative estimate of drug-likeness (QED) is 0.331. The van der Waals surface area contributed by atoms with Crippen molar-refractivity contribution in [2.45, 2.75) is 0 Å². The minimum absolute atomic E-state index is 0. The van der Waals surface area contributed by atoms with Gasteiger partial charge in [-0.3, -0.25) is 7.32 Å². The Morgan fingerprint density at radius 3 is 1.00 bits per heavy atom. The van der Waals surface area contributed by atoms with Crippen molar-refractivity contribution < 1.29 is 15.1 Å². The average molecular weight is 475 g/mol. The first-order chi connectivity index (χ1) is 1.73. The summed E-state index contributed by atoms with van der Waals surface area (Å²) in [7, 11) is -2.92. The second kappa shape index (κ2) is 9.89. The van der Waals surface area contributed by atoms with Crippen molar-refractivity contribution in [2.75, 3.05) is 0 Å². The third-order valence-corrected chi connectivity index (χ3v) is 0. The van der Waals surface area contributed by atoms with Crippen molar-refractivity contribution in [1.82, 2.24) is 0 Å². The molecule has 4 radical (unpaired) electrons. The summed E-state index contributed by atoms with van der Waals surface area (Å²) in [5.74, 6) is 0. The molecule has 0 spiro atoms. The fraction of sp³-hybridized carbons (Fsp3) is 0. The SMILES string of the molecule is [Bi+3].[O-]B([O-])[O-].[Pb+2]. The van der Waals surface area contributed by atoms with Gasteiger partial charge in [0.1, 0.15) is 0 Å². The van der Waals surface area contributed by atoms with Crippen LogP contribution in [0.3, 0.4) is 0 Å². The third kappa shape index (κ3) is 42.4. The van der Waals surface area contributed by atoms with Gasteiger partial charge in [-0.05, 0) is 0 Å². The van der Waals surface area contributed by atoms with Crippen molar-refractivity contribution >= 4 is 60.8 Å². The molecule has 0 unspecified atom stereocenters. The van der Waals surface area contributed by atoms with Gasteiger partial charge >= 0.3 is 53.5 Å². The van der Waals surface area contributed by atoms with Crippen LogP contribution in [0.5, 0.6) is 0 Å². The molecule has 28 valence electrons. The minimum atomic E-state index is -2.92. The van der Waals surface area contributed by atoms with Gasteiger partial charge in [0.2, 0.25) is 0 Å². The van der Waals surface area contributed by atoms with Gasteiger partial charge in [0.05, 0.1) is 0 Å². The maximum atomic E-state index is 8.42. The molecule has 0 bridgehead atoms. The molecule has 0 aliphatic heterocycles. The molecular weight excluding hydrogens is 475 g/mol. The Kier molecular flexibility index (Phi) is 25.8. The predicted octanol–water partition coefficient (Wildman–Crippen LogP) is -4.71. The van der Waals surface area contributed by atoms with Gasteiger partial charge in [-0.2, -0.15) is 0 Å². The molecule has 0 atom stereocenters. The molecule has 0 heterocycles. The van der Waals surface area contributed by atoms with E-state index < -0.39 is 7.32 Å². The molecule has 0 saturated heterocycles. The van der Waals surface area contributed by atoms with Crippen molar-refractivity contribution in [1.29, 1.82) is 0 Å². The molecule has 6 heavy (non-hydrogen) atoms. The molecule has 0 rings (SSSR count). The van der Waals surface area contributed by atoms with Crippen LogP contribution in [0, 0.1) is 0 Å². The van der Waals surface area contributed by atoms with E-state index in [1.54, 1.807) is 0 Å². The maximum absolute atomic E-state index is 8.42.